The first-order valence-electron chi connectivity index (χ1n) is 19.5. The lowest BCUT2D eigenvalue weighted by atomic mass is 9.74. The van der Waals surface area contributed by atoms with E-state index in [0.29, 0.717) is 0 Å². The fourth-order valence-corrected chi connectivity index (χ4v) is 9.03. The van der Waals surface area contributed by atoms with Crippen molar-refractivity contribution in [2.75, 3.05) is 0 Å². The molecule has 6 aromatic rings. The molecule has 0 aromatic heterocycles. The van der Waals surface area contributed by atoms with E-state index >= 15 is 0 Å². The van der Waals surface area contributed by atoms with Crippen LogP contribution in [-0.4, -0.2) is 0 Å². The number of fused-ring (bicyclic) bond motifs is 3. The molecule has 8 rings (SSSR count). The van der Waals surface area contributed by atoms with Gasteiger partial charge in [-0.2, -0.15) is 0 Å². The van der Waals surface area contributed by atoms with E-state index in [1.54, 1.807) is 0 Å². The molecular weight excluding hydrogens is 707 g/mol. The Balaban J connectivity index is 1.34. The Bertz CT molecular complexity index is 2380. The largest absolute Gasteiger partial charge is 0.0843 e. The Morgan fingerprint density at radius 1 is 0.600 bits per heavy atom. The van der Waals surface area contributed by atoms with Crippen LogP contribution in [0.1, 0.15) is 79.5 Å². The molecule has 0 radical (unpaired) electrons. The first-order chi connectivity index (χ1) is 26.4. The number of hydrogen-bond acceptors (Lipinski definition) is 0. The van der Waals surface area contributed by atoms with Crippen LogP contribution in [0.2, 0.25) is 10.0 Å². The minimum absolute atomic E-state index is 0.0587. The van der Waals surface area contributed by atoms with Crippen LogP contribution in [0.5, 0.6) is 0 Å². The highest BCUT2D eigenvalue weighted by molar-refractivity contribution is 6.30. The lowest BCUT2D eigenvalue weighted by molar-refractivity contribution is 0.591. The van der Waals surface area contributed by atoms with Crippen LogP contribution in [0.25, 0.3) is 33.4 Å². The second kappa shape index (κ2) is 15.0. The SMILES string of the molecule is CC(C)(C)c1cc2c(c(C3C=CC=C3)c1-c1ccccc1)Cc1cc(-c3ccccc3)c(C(C)(C)C=C(Cc3ccc(Cl)cc3)Cc3ccc(Cl)cc3)cc1-2. The van der Waals surface area contributed by atoms with Gasteiger partial charge in [0, 0.05) is 21.4 Å². The van der Waals surface area contributed by atoms with Crippen LogP contribution >= 0.6 is 23.2 Å². The van der Waals surface area contributed by atoms with E-state index in [9.17, 15) is 0 Å². The standard InChI is InChI=1S/C53H48Cl2/c1-52(2,3)49-33-46-44-32-48(53(4,5)34-37(28-35-20-24-42(54)25-21-35)29-36-22-26-43(55)27-23-36)45(38-14-8-6-9-15-38)30-41(44)31-47(46)50(39-18-12-13-19-39)51(49)40-16-10-7-11-17-40/h6-27,30,32-34,39H,28-29,31H2,1-5H3. The molecule has 6 aromatic carbocycles. The van der Waals surface area contributed by atoms with Crippen molar-refractivity contribution < 1.29 is 0 Å². The van der Waals surface area contributed by atoms with Crippen molar-refractivity contribution in [2.24, 2.45) is 0 Å². The third kappa shape index (κ3) is 7.69. The molecule has 0 saturated heterocycles. The maximum atomic E-state index is 6.32. The molecule has 0 unspecified atom stereocenters. The van der Waals surface area contributed by atoms with Crippen LogP contribution in [0.15, 0.2) is 163 Å². The van der Waals surface area contributed by atoms with Gasteiger partial charge in [-0.25, -0.2) is 0 Å². The second-order valence-electron chi connectivity index (χ2n) is 16.9. The van der Waals surface area contributed by atoms with Crippen LogP contribution < -0.4 is 0 Å². The van der Waals surface area contributed by atoms with Gasteiger partial charge in [0.2, 0.25) is 0 Å². The van der Waals surface area contributed by atoms with E-state index in [4.69, 9.17) is 23.2 Å². The van der Waals surface area contributed by atoms with Gasteiger partial charge in [0.05, 0.1) is 0 Å². The van der Waals surface area contributed by atoms with Crippen molar-refractivity contribution in [3.63, 3.8) is 0 Å². The highest BCUT2D eigenvalue weighted by Gasteiger charge is 2.34. The Labute approximate surface area is 337 Å². The van der Waals surface area contributed by atoms with Gasteiger partial charge in [0.25, 0.3) is 0 Å². The lowest BCUT2D eigenvalue weighted by Gasteiger charge is -2.30. The Hall–Kier alpha value is -4.88. The quantitative estimate of drug-likeness (QED) is 0.129. The Morgan fingerprint density at radius 2 is 1.13 bits per heavy atom. The average molecular weight is 756 g/mol. The number of allylic oxidation sites excluding steroid dienone is 6. The molecule has 0 amide bonds. The fraction of sp³-hybridized carbons (Fsp3) is 0.208. The summed E-state index contributed by atoms with van der Waals surface area (Å²) in [5.74, 6) is 0.233. The van der Waals surface area contributed by atoms with E-state index in [2.05, 4.69) is 168 Å². The zero-order valence-corrected chi connectivity index (χ0v) is 34.0. The van der Waals surface area contributed by atoms with Crippen molar-refractivity contribution >= 4 is 23.2 Å². The summed E-state index contributed by atoms with van der Waals surface area (Å²) in [4.78, 5) is 0. The number of rotatable bonds is 9. The highest BCUT2D eigenvalue weighted by atomic mass is 35.5. The molecule has 0 nitrogen and oxygen atoms in total. The summed E-state index contributed by atoms with van der Waals surface area (Å²) < 4.78 is 0. The van der Waals surface area contributed by atoms with E-state index < -0.39 is 0 Å². The molecule has 0 bridgehead atoms. The van der Waals surface area contributed by atoms with Crippen molar-refractivity contribution in [1.82, 2.24) is 0 Å². The lowest BCUT2D eigenvalue weighted by Crippen LogP contribution is -2.18. The van der Waals surface area contributed by atoms with Crippen molar-refractivity contribution in [2.45, 2.75) is 70.6 Å². The Morgan fingerprint density at radius 3 is 1.67 bits per heavy atom. The first-order valence-corrected chi connectivity index (χ1v) is 20.2. The molecule has 0 spiro atoms. The summed E-state index contributed by atoms with van der Waals surface area (Å²) in [5.41, 5.74) is 18.5. The van der Waals surface area contributed by atoms with Gasteiger partial charge in [0.15, 0.2) is 0 Å². The van der Waals surface area contributed by atoms with Gasteiger partial charge in [-0.05, 0) is 139 Å². The number of hydrogen-bond donors (Lipinski definition) is 0. The normalized spacial score (nSPS) is 13.6. The molecule has 0 saturated carbocycles. The van der Waals surface area contributed by atoms with Gasteiger partial charge < -0.3 is 0 Å². The molecule has 0 fully saturated rings. The van der Waals surface area contributed by atoms with E-state index in [1.165, 1.54) is 77.9 Å². The molecule has 0 atom stereocenters. The number of benzene rings is 6. The van der Waals surface area contributed by atoms with Crippen LogP contribution in [0.3, 0.4) is 0 Å². The topological polar surface area (TPSA) is 0 Å². The second-order valence-corrected chi connectivity index (χ2v) is 17.8. The summed E-state index contributed by atoms with van der Waals surface area (Å²) >= 11 is 12.6. The predicted octanol–water partition coefficient (Wildman–Crippen LogP) is 15.1. The van der Waals surface area contributed by atoms with Crippen molar-refractivity contribution in [1.29, 1.82) is 0 Å². The van der Waals surface area contributed by atoms with Gasteiger partial charge >= 0.3 is 0 Å². The maximum absolute atomic E-state index is 6.32. The smallest absolute Gasteiger partial charge is 0.0406 e. The van der Waals surface area contributed by atoms with Gasteiger partial charge in [-0.3, -0.25) is 0 Å². The van der Waals surface area contributed by atoms with Crippen LogP contribution in [0, 0.1) is 0 Å². The molecule has 2 aliphatic carbocycles. The zero-order chi connectivity index (χ0) is 38.3. The van der Waals surface area contributed by atoms with Gasteiger partial charge in [0.1, 0.15) is 0 Å². The van der Waals surface area contributed by atoms with E-state index in [-0.39, 0.29) is 16.7 Å². The summed E-state index contributed by atoms with van der Waals surface area (Å²) in [6.45, 7) is 11.9. The van der Waals surface area contributed by atoms with Crippen LogP contribution in [0.4, 0.5) is 0 Å². The highest BCUT2D eigenvalue weighted by Crippen LogP contribution is 2.52. The molecule has 0 N–H and O–H groups in total. The minimum Gasteiger partial charge on any atom is -0.0843 e. The maximum Gasteiger partial charge on any atom is 0.0406 e. The Kier molecular flexibility index (Phi) is 10.1. The number of halogens is 2. The van der Waals surface area contributed by atoms with Gasteiger partial charge in [-0.1, -0.05) is 179 Å². The molecule has 0 heterocycles. The van der Waals surface area contributed by atoms with Gasteiger partial charge in [-0.15, -0.1) is 0 Å². The van der Waals surface area contributed by atoms with E-state index in [0.717, 1.165) is 29.3 Å². The van der Waals surface area contributed by atoms with Crippen molar-refractivity contribution in [3.05, 3.63) is 212 Å². The first kappa shape index (κ1) is 37.1. The minimum atomic E-state index is -0.298. The average Bonchev–Trinajstić information content (AvgIpc) is 3.84. The third-order valence-electron chi connectivity index (χ3n) is 11.4. The summed E-state index contributed by atoms with van der Waals surface area (Å²) in [6, 6.07) is 46.2. The molecular formula is C53H48Cl2. The van der Waals surface area contributed by atoms with E-state index in [1.807, 2.05) is 24.3 Å². The molecule has 2 aliphatic rings. The van der Waals surface area contributed by atoms with Crippen LogP contribution in [-0.2, 0) is 30.1 Å². The summed E-state index contributed by atoms with van der Waals surface area (Å²) in [5, 5.41) is 1.51. The summed E-state index contributed by atoms with van der Waals surface area (Å²) in [6.07, 6.45) is 14.3. The monoisotopic (exact) mass is 754 g/mol. The summed E-state index contributed by atoms with van der Waals surface area (Å²) in [7, 11) is 0. The fourth-order valence-electron chi connectivity index (χ4n) is 8.78. The third-order valence-corrected chi connectivity index (χ3v) is 11.9. The molecule has 0 aliphatic heterocycles. The predicted molar refractivity (Wildman–Crippen MR) is 237 cm³/mol. The molecule has 2 heteroatoms. The molecule has 55 heavy (non-hydrogen) atoms. The van der Waals surface area contributed by atoms with Crippen molar-refractivity contribution in [3.8, 4) is 33.4 Å². The zero-order valence-electron chi connectivity index (χ0n) is 32.5. The molecule has 274 valence electrons.